The number of piperidine rings is 1. The van der Waals surface area contributed by atoms with Gasteiger partial charge >= 0.3 is 0 Å². The maximum Gasteiger partial charge on any atom is 0.244 e. The summed E-state index contributed by atoms with van der Waals surface area (Å²) in [5.74, 6) is 1.55. The van der Waals surface area contributed by atoms with Crippen LogP contribution >= 0.6 is 11.8 Å². The van der Waals surface area contributed by atoms with Crippen molar-refractivity contribution in [2.75, 3.05) is 32.3 Å². The van der Waals surface area contributed by atoms with E-state index in [1.807, 2.05) is 49.2 Å². The fourth-order valence-corrected chi connectivity index (χ4v) is 5.44. The summed E-state index contributed by atoms with van der Waals surface area (Å²) in [6.45, 7) is 2.84. The van der Waals surface area contributed by atoms with E-state index in [0.717, 1.165) is 59.4 Å². The Morgan fingerprint density at radius 2 is 2.15 bits per heavy atom. The third-order valence-corrected chi connectivity index (χ3v) is 7.15. The summed E-state index contributed by atoms with van der Waals surface area (Å²) < 4.78 is 7.59. The third kappa shape index (κ3) is 3.87. The molecule has 3 aliphatic rings. The van der Waals surface area contributed by atoms with Crippen LogP contribution in [-0.2, 0) is 4.79 Å². The minimum absolute atomic E-state index is 0.0956. The Morgan fingerprint density at radius 3 is 2.88 bits per heavy atom. The monoisotopic (exact) mass is 467 g/mol. The number of hydrogen-bond donors (Lipinski definition) is 2. The Morgan fingerprint density at radius 1 is 1.30 bits per heavy atom. The Labute approximate surface area is 197 Å². The van der Waals surface area contributed by atoms with Crippen LogP contribution in [0.4, 0.5) is 5.69 Å². The number of likely N-dealkylation sites (N-methyl/N-ethyl adjacent to an activating group) is 1. The van der Waals surface area contributed by atoms with E-state index in [1.54, 1.807) is 30.1 Å². The summed E-state index contributed by atoms with van der Waals surface area (Å²) in [4.78, 5) is 26.4. The second-order valence-electron chi connectivity index (χ2n) is 8.48. The molecule has 1 aromatic heterocycles. The van der Waals surface area contributed by atoms with Gasteiger partial charge < -0.3 is 24.8 Å². The Kier molecular flexibility index (Phi) is 5.79. The van der Waals surface area contributed by atoms with E-state index in [4.69, 9.17) is 9.73 Å². The van der Waals surface area contributed by atoms with Crippen molar-refractivity contribution in [3.8, 4) is 11.4 Å². The molecule has 5 rings (SSSR count). The van der Waals surface area contributed by atoms with Crippen molar-refractivity contribution >= 4 is 29.3 Å². The minimum Gasteiger partial charge on any atom is -0.494 e. The van der Waals surface area contributed by atoms with Gasteiger partial charge in [-0.25, -0.2) is 9.98 Å². The molecule has 2 saturated heterocycles. The number of nitrogens with one attached hydrogen (secondary N) is 2. The van der Waals surface area contributed by atoms with Crippen molar-refractivity contribution in [1.29, 1.82) is 0 Å². The van der Waals surface area contributed by atoms with Crippen LogP contribution in [0, 0.1) is 6.92 Å². The van der Waals surface area contributed by atoms with E-state index in [0.29, 0.717) is 5.96 Å². The van der Waals surface area contributed by atoms with Crippen molar-refractivity contribution in [2.45, 2.75) is 38.4 Å². The van der Waals surface area contributed by atoms with E-state index >= 15 is 0 Å². The van der Waals surface area contributed by atoms with Crippen LogP contribution in [0.2, 0.25) is 0 Å². The van der Waals surface area contributed by atoms with Gasteiger partial charge in [0.1, 0.15) is 11.9 Å². The number of hydrogen-bond acceptors (Lipinski definition) is 8. The van der Waals surface area contributed by atoms with E-state index in [9.17, 15) is 4.79 Å². The molecule has 0 aliphatic carbocycles. The van der Waals surface area contributed by atoms with Gasteiger partial charge in [0.2, 0.25) is 11.9 Å². The Hall–Kier alpha value is -2.98. The molecule has 0 bridgehead atoms. The van der Waals surface area contributed by atoms with E-state index in [-0.39, 0.29) is 18.1 Å². The predicted octanol–water partition coefficient (Wildman–Crippen LogP) is 2.75. The highest BCUT2D eigenvalue weighted by Crippen LogP contribution is 2.36. The van der Waals surface area contributed by atoms with Gasteiger partial charge in [0.15, 0.2) is 0 Å². The first-order chi connectivity index (χ1) is 16.0. The molecule has 1 amide bonds. The lowest BCUT2D eigenvalue weighted by atomic mass is 9.96. The van der Waals surface area contributed by atoms with Crippen LogP contribution in [-0.4, -0.2) is 70.4 Å². The van der Waals surface area contributed by atoms with E-state index in [2.05, 4.69) is 20.5 Å². The van der Waals surface area contributed by atoms with Crippen molar-refractivity contribution in [2.24, 2.45) is 4.99 Å². The number of rotatable bonds is 4. The zero-order chi connectivity index (χ0) is 23.1. The number of carbonyl (C=O) groups excluding carboxylic acids is 1. The molecule has 0 saturated carbocycles. The summed E-state index contributed by atoms with van der Waals surface area (Å²) in [6, 6.07) is 5.85. The number of ether oxygens (including phenoxy) is 1. The summed E-state index contributed by atoms with van der Waals surface area (Å²) in [5.41, 5.74) is 3.65. The fourth-order valence-electron chi connectivity index (χ4n) is 4.79. The highest BCUT2D eigenvalue weighted by Gasteiger charge is 2.46. The van der Waals surface area contributed by atoms with Gasteiger partial charge in [-0.15, -0.1) is 11.8 Å². The van der Waals surface area contributed by atoms with Crippen molar-refractivity contribution < 1.29 is 9.53 Å². The Bertz CT molecular complexity index is 1140. The van der Waals surface area contributed by atoms with Crippen LogP contribution in [0.1, 0.15) is 25.0 Å². The van der Waals surface area contributed by atoms with Crippen LogP contribution in [0.15, 0.2) is 46.4 Å². The lowest BCUT2D eigenvalue weighted by Gasteiger charge is -2.48. The first kappa shape index (κ1) is 21.8. The number of benzene rings is 1. The number of piperazine rings is 1. The molecule has 9 nitrogen and oxygen atoms in total. The molecule has 4 heterocycles. The van der Waals surface area contributed by atoms with Gasteiger partial charge in [-0.3, -0.25) is 9.69 Å². The number of anilines is 1. The smallest absolute Gasteiger partial charge is 0.244 e. The molecule has 2 fully saturated rings. The first-order valence-corrected chi connectivity index (χ1v) is 12.3. The highest BCUT2D eigenvalue weighted by atomic mass is 32.2. The maximum atomic E-state index is 13.0. The summed E-state index contributed by atoms with van der Waals surface area (Å²) in [5, 5.41) is 7.74. The SMILES string of the molecule is COc1cc(NC2=NC3C(=C(SC)N2)N(C)C(=O)C2CCCCN23)ccc1-n1cnc(C)c1. The highest BCUT2D eigenvalue weighted by molar-refractivity contribution is 8.02. The third-order valence-electron chi connectivity index (χ3n) is 6.43. The largest absolute Gasteiger partial charge is 0.494 e. The minimum atomic E-state index is -0.181. The van der Waals surface area contributed by atoms with Gasteiger partial charge in [-0.1, -0.05) is 6.42 Å². The number of guanidine groups is 1. The molecule has 2 atom stereocenters. The quantitative estimate of drug-likeness (QED) is 0.715. The summed E-state index contributed by atoms with van der Waals surface area (Å²) >= 11 is 1.59. The van der Waals surface area contributed by atoms with Crippen molar-refractivity contribution in [3.63, 3.8) is 0 Å². The average Bonchev–Trinajstić information content (AvgIpc) is 3.27. The predicted molar refractivity (Wildman–Crippen MR) is 130 cm³/mol. The van der Waals surface area contributed by atoms with Crippen LogP contribution < -0.4 is 15.4 Å². The number of aromatic nitrogens is 2. The molecule has 2 N–H and O–H groups in total. The molecule has 0 radical (unpaired) electrons. The molecular weight excluding hydrogens is 438 g/mol. The van der Waals surface area contributed by atoms with Crippen LogP contribution in [0.25, 0.3) is 5.69 Å². The first-order valence-electron chi connectivity index (χ1n) is 11.1. The molecular formula is C23H29N7O2S. The molecule has 33 heavy (non-hydrogen) atoms. The van der Waals surface area contributed by atoms with Gasteiger partial charge in [0.05, 0.1) is 41.6 Å². The lowest BCUT2D eigenvalue weighted by Crippen LogP contribution is -2.62. The van der Waals surface area contributed by atoms with Gasteiger partial charge in [-0.2, -0.15) is 0 Å². The lowest BCUT2D eigenvalue weighted by molar-refractivity contribution is -0.141. The zero-order valence-electron chi connectivity index (χ0n) is 19.3. The van der Waals surface area contributed by atoms with Crippen LogP contribution in [0.3, 0.4) is 0 Å². The number of methoxy groups -OCH3 is 1. The van der Waals surface area contributed by atoms with E-state index in [1.165, 1.54) is 0 Å². The fraction of sp³-hybridized carbons (Fsp3) is 0.435. The number of carbonyl (C=O) groups is 1. The molecule has 3 aliphatic heterocycles. The molecule has 0 spiro atoms. The molecule has 2 unspecified atom stereocenters. The molecule has 2 aromatic rings. The van der Waals surface area contributed by atoms with E-state index < -0.39 is 0 Å². The number of fused-ring (bicyclic) bond motifs is 3. The number of amides is 1. The standard InChI is InChI=1S/C23H29N7O2S/c1-14-12-29(13-24-14)16-9-8-15(11-18(16)32-3)25-23-26-20-19(21(27-23)33-4)28(2)22(31)17-7-5-6-10-30(17)20/h8-9,11-13,17,20H,5-7,10H2,1-4H3,(H2,25,26,27). The normalized spacial score (nSPS) is 23.0. The molecule has 1 aromatic carbocycles. The topological polar surface area (TPSA) is 87.0 Å². The van der Waals surface area contributed by atoms with Gasteiger partial charge in [-0.05, 0) is 38.2 Å². The molecule has 174 valence electrons. The van der Waals surface area contributed by atoms with Gasteiger partial charge in [0.25, 0.3) is 0 Å². The summed E-state index contributed by atoms with van der Waals surface area (Å²) in [7, 11) is 3.53. The van der Waals surface area contributed by atoms with Crippen molar-refractivity contribution in [3.05, 3.63) is 47.1 Å². The van der Waals surface area contributed by atoms with Crippen LogP contribution in [0.5, 0.6) is 5.75 Å². The number of nitrogens with zero attached hydrogens (tertiary/aromatic N) is 5. The second-order valence-corrected chi connectivity index (χ2v) is 9.29. The Balaban J connectivity index is 1.45. The van der Waals surface area contributed by atoms with Crippen molar-refractivity contribution in [1.82, 2.24) is 24.7 Å². The second kappa shape index (κ2) is 8.75. The average molecular weight is 468 g/mol. The molecule has 10 heteroatoms. The number of aryl methyl sites for hydroxylation is 1. The summed E-state index contributed by atoms with van der Waals surface area (Å²) in [6.07, 6.45) is 8.63. The number of thioether (sulfide) groups is 1. The number of aliphatic imine (C=N–C) groups is 1. The number of imidazole rings is 1. The van der Waals surface area contributed by atoms with Gasteiger partial charge in [0, 0.05) is 31.5 Å². The zero-order valence-corrected chi connectivity index (χ0v) is 20.1. The maximum absolute atomic E-state index is 13.0.